The van der Waals surface area contributed by atoms with Gasteiger partial charge in [-0.1, -0.05) is 11.6 Å². The fourth-order valence-electron chi connectivity index (χ4n) is 1.88. The van der Waals surface area contributed by atoms with E-state index in [9.17, 15) is 9.59 Å². The molecule has 1 aliphatic heterocycles. The Hall–Kier alpha value is -0.860. The van der Waals surface area contributed by atoms with Gasteiger partial charge < -0.3 is 15.4 Å². The molecule has 0 saturated carbocycles. The Morgan fingerprint density at radius 2 is 2.21 bits per heavy atom. The highest BCUT2D eigenvalue weighted by Crippen LogP contribution is 2.21. The molecule has 1 aromatic carbocycles. The summed E-state index contributed by atoms with van der Waals surface area (Å²) in [5.41, 5.74) is 5.73. The van der Waals surface area contributed by atoms with Crippen LogP contribution in [-0.2, 0) is 9.53 Å². The van der Waals surface area contributed by atoms with Crippen LogP contribution in [0.1, 0.15) is 10.4 Å². The molecular formula is C12H12ClIN2O3. The quantitative estimate of drug-likeness (QED) is 0.768. The van der Waals surface area contributed by atoms with E-state index in [2.05, 4.69) is 22.6 Å². The van der Waals surface area contributed by atoms with Crippen LogP contribution in [0.4, 0.5) is 0 Å². The van der Waals surface area contributed by atoms with Crippen molar-refractivity contribution >= 4 is 46.0 Å². The number of ether oxygens (including phenoxy) is 1. The number of hydrogen-bond acceptors (Lipinski definition) is 3. The lowest BCUT2D eigenvalue weighted by molar-refractivity contribution is -0.127. The second kappa shape index (κ2) is 6.06. The minimum Gasteiger partial charge on any atom is -0.377 e. The summed E-state index contributed by atoms with van der Waals surface area (Å²) in [6.07, 6.45) is 0. The van der Waals surface area contributed by atoms with Crippen LogP contribution >= 0.6 is 34.2 Å². The molecular weight excluding hydrogens is 383 g/mol. The number of primary amides is 1. The number of morpholine rings is 1. The lowest BCUT2D eigenvalue weighted by Crippen LogP contribution is -2.54. The Balaban J connectivity index is 2.26. The number of rotatable bonds is 2. The largest absolute Gasteiger partial charge is 0.377 e. The van der Waals surface area contributed by atoms with Gasteiger partial charge in [-0.15, -0.1) is 0 Å². The third-order valence-corrected chi connectivity index (χ3v) is 4.46. The summed E-state index contributed by atoms with van der Waals surface area (Å²) in [5.74, 6) is -0.824. The summed E-state index contributed by atoms with van der Waals surface area (Å²) < 4.78 is 6.05. The molecule has 1 unspecified atom stereocenters. The zero-order valence-electron chi connectivity index (χ0n) is 9.94. The lowest BCUT2D eigenvalue weighted by atomic mass is 10.1. The van der Waals surface area contributed by atoms with Gasteiger partial charge in [-0.25, -0.2) is 0 Å². The number of nitrogens with zero attached hydrogens (tertiary/aromatic N) is 1. The molecule has 5 nitrogen and oxygen atoms in total. The van der Waals surface area contributed by atoms with Gasteiger partial charge in [0.05, 0.1) is 18.2 Å². The van der Waals surface area contributed by atoms with Crippen LogP contribution in [0.5, 0.6) is 0 Å². The molecule has 2 rings (SSSR count). The first-order chi connectivity index (χ1) is 9.00. The van der Waals surface area contributed by atoms with E-state index in [1.54, 1.807) is 18.2 Å². The van der Waals surface area contributed by atoms with Gasteiger partial charge in [-0.3, -0.25) is 9.59 Å². The molecule has 0 radical (unpaired) electrons. The molecule has 19 heavy (non-hydrogen) atoms. The molecule has 2 N–H and O–H groups in total. The van der Waals surface area contributed by atoms with Crippen LogP contribution in [0.2, 0.25) is 5.02 Å². The smallest absolute Gasteiger partial charge is 0.254 e. The number of amides is 2. The summed E-state index contributed by atoms with van der Waals surface area (Å²) in [6, 6.07) is 4.32. The Labute approximate surface area is 129 Å². The van der Waals surface area contributed by atoms with E-state index in [4.69, 9.17) is 22.1 Å². The third-order valence-electron chi connectivity index (χ3n) is 2.88. The maximum Gasteiger partial charge on any atom is 0.254 e. The molecule has 1 aliphatic rings. The van der Waals surface area contributed by atoms with Crippen LogP contribution in [0.3, 0.4) is 0 Å². The number of nitrogens with two attached hydrogens (primary N) is 1. The van der Waals surface area contributed by atoms with E-state index in [1.165, 1.54) is 4.90 Å². The number of hydrogen-bond donors (Lipinski definition) is 1. The summed E-state index contributed by atoms with van der Waals surface area (Å²) in [4.78, 5) is 25.2. The van der Waals surface area contributed by atoms with Crippen molar-refractivity contribution in [1.82, 2.24) is 4.90 Å². The average molecular weight is 395 g/mol. The number of carbonyl (C=O) groups excluding carboxylic acids is 2. The maximum absolute atomic E-state index is 12.4. The van der Waals surface area contributed by atoms with Gasteiger partial charge in [0.25, 0.3) is 5.91 Å². The molecule has 1 atom stereocenters. The van der Waals surface area contributed by atoms with Gasteiger partial charge in [-0.2, -0.15) is 0 Å². The van der Waals surface area contributed by atoms with Gasteiger partial charge in [-0.05, 0) is 40.8 Å². The van der Waals surface area contributed by atoms with E-state index < -0.39 is 11.9 Å². The molecule has 1 aromatic rings. The summed E-state index contributed by atoms with van der Waals surface area (Å²) in [5, 5.41) is 0.510. The van der Waals surface area contributed by atoms with Crippen molar-refractivity contribution in [3.05, 3.63) is 32.4 Å². The van der Waals surface area contributed by atoms with Crippen LogP contribution < -0.4 is 5.73 Å². The zero-order chi connectivity index (χ0) is 14.0. The van der Waals surface area contributed by atoms with E-state index >= 15 is 0 Å². The first-order valence-electron chi connectivity index (χ1n) is 5.64. The van der Waals surface area contributed by atoms with Gasteiger partial charge >= 0.3 is 0 Å². The SMILES string of the molecule is NC(=O)C1COCCN1C(=O)c1ccc(I)c(Cl)c1. The zero-order valence-corrected chi connectivity index (χ0v) is 12.8. The van der Waals surface area contributed by atoms with Crippen LogP contribution in [0.15, 0.2) is 18.2 Å². The Kier molecular flexibility index (Phi) is 4.64. The number of halogens is 2. The molecule has 1 heterocycles. The van der Waals surface area contributed by atoms with Crippen molar-refractivity contribution in [3.63, 3.8) is 0 Å². The standard InChI is InChI=1S/C12H12ClIN2O3/c13-8-5-7(1-2-9(8)14)12(18)16-3-4-19-6-10(16)11(15)17/h1-2,5,10H,3-4,6H2,(H2,15,17). The van der Waals surface area contributed by atoms with Gasteiger partial charge in [0.1, 0.15) is 6.04 Å². The van der Waals surface area contributed by atoms with Crippen LogP contribution in [0.25, 0.3) is 0 Å². The minimum absolute atomic E-state index is 0.138. The predicted octanol–water partition coefficient (Wildman–Crippen LogP) is 1.27. The Bertz CT molecular complexity index is 524. The van der Waals surface area contributed by atoms with Gasteiger partial charge in [0.15, 0.2) is 0 Å². The van der Waals surface area contributed by atoms with E-state index in [0.29, 0.717) is 23.7 Å². The number of benzene rings is 1. The Morgan fingerprint density at radius 3 is 2.84 bits per heavy atom. The van der Waals surface area contributed by atoms with Gasteiger partial charge in [0.2, 0.25) is 5.91 Å². The fraction of sp³-hybridized carbons (Fsp3) is 0.333. The third kappa shape index (κ3) is 3.18. The van der Waals surface area contributed by atoms with E-state index in [1.807, 2.05) is 0 Å². The second-order valence-corrected chi connectivity index (χ2v) is 5.69. The molecule has 0 aromatic heterocycles. The fourth-order valence-corrected chi connectivity index (χ4v) is 2.39. The second-order valence-electron chi connectivity index (χ2n) is 4.12. The summed E-state index contributed by atoms with van der Waals surface area (Å²) in [6.45, 7) is 0.878. The van der Waals surface area contributed by atoms with Crippen molar-refractivity contribution in [2.24, 2.45) is 5.73 Å². The van der Waals surface area contributed by atoms with E-state index in [-0.39, 0.29) is 12.5 Å². The molecule has 0 aliphatic carbocycles. The maximum atomic E-state index is 12.4. The highest BCUT2D eigenvalue weighted by Gasteiger charge is 2.32. The molecule has 0 spiro atoms. The normalized spacial score (nSPS) is 19.3. The van der Waals surface area contributed by atoms with Gasteiger partial charge in [0, 0.05) is 15.7 Å². The summed E-state index contributed by atoms with van der Waals surface area (Å²) >= 11 is 8.08. The first-order valence-corrected chi connectivity index (χ1v) is 7.09. The molecule has 7 heteroatoms. The molecule has 1 fully saturated rings. The minimum atomic E-state index is -0.723. The van der Waals surface area contributed by atoms with Crippen molar-refractivity contribution in [3.8, 4) is 0 Å². The number of carbonyl (C=O) groups is 2. The van der Waals surface area contributed by atoms with Crippen molar-refractivity contribution < 1.29 is 14.3 Å². The van der Waals surface area contributed by atoms with Crippen LogP contribution in [0, 0.1) is 3.57 Å². The molecule has 1 saturated heterocycles. The molecule has 0 bridgehead atoms. The Morgan fingerprint density at radius 1 is 1.47 bits per heavy atom. The lowest BCUT2D eigenvalue weighted by Gasteiger charge is -2.33. The van der Waals surface area contributed by atoms with Crippen molar-refractivity contribution in [2.45, 2.75) is 6.04 Å². The first kappa shape index (κ1) is 14.5. The average Bonchev–Trinajstić information content (AvgIpc) is 2.41. The molecule has 2 amide bonds. The van der Waals surface area contributed by atoms with Crippen LogP contribution in [-0.4, -0.2) is 42.5 Å². The highest BCUT2D eigenvalue weighted by atomic mass is 127. The predicted molar refractivity (Wildman–Crippen MR) is 79.0 cm³/mol. The topological polar surface area (TPSA) is 72.6 Å². The molecule has 102 valence electrons. The monoisotopic (exact) mass is 394 g/mol. The summed E-state index contributed by atoms with van der Waals surface area (Å²) in [7, 11) is 0. The van der Waals surface area contributed by atoms with Crippen molar-refractivity contribution in [2.75, 3.05) is 19.8 Å². The van der Waals surface area contributed by atoms with E-state index in [0.717, 1.165) is 3.57 Å². The highest BCUT2D eigenvalue weighted by molar-refractivity contribution is 14.1. The van der Waals surface area contributed by atoms with Crippen molar-refractivity contribution in [1.29, 1.82) is 0 Å².